The summed E-state index contributed by atoms with van der Waals surface area (Å²) in [6.07, 6.45) is -1.17. The van der Waals surface area contributed by atoms with Gasteiger partial charge in [0.2, 0.25) is 5.88 Å². The third kappa shape index (κ3) is 6.53. The Kier molecular flexibility index (Phi) is 7.37. The molecule has 1 aromatic heterocycles. The predicted octanol–water partition coefficient (Wildman–Crippen LogP) is 3.64. The number of benzene rings is 1. The molecule has 0 bridgehead atoms. The van der Waals surface area contributed by atoms with E-state index >= 15 is 0 Å². The van der Waals surface area contributed by atoms with Gasteiger partial charge in [-0.05, 0) is 18.2 Å². The Balaban J connectivity index is 1.51. The highest BCUT2D eigenvalue weighted by Gasteiger charge is 2.29. The molecule has 0 amide bonds. The van der Waals surface area contributed by atoms with Crippen LogP contribution in [0.3, 0.4) is 0 Å². The average Bonchev–Trinajstić information content (AvgIpc) is 2.74. The van der Waals surface area contributed by atoms with Gasteiger partial charge in [0.1, 0.15) is 11.9 Å². The minimum atomic E-state index is -4.41. The molecule has 1 aliphatic rings. The predicted molar refractivity (Wildman–Crippen MR) is 108 cm³/mol. The largest absolute Gasteiger partial charge is 0.490 e. The number of hydrogen-bond donors (Lipinski definition) is 1. The standard InChI is InChI=1S/C21H25F3N4O2/c1-25-20(27-14-16-6-5-11-26-19(16)29-15-21(22,23)24)28-12-9-18(10-13-28)30-17-7-3-2-4-8-17/h2-8,11,18H,9-10,12-15H2,1H3,(H,25,27). The molecular weight excluding hydrogens is 397 g/mol. The maximum absolute atomic E-state index is 12.4. The van der Waals surface area contributed by atoms with Crippen molar-refractivity contribution in [3.63, 3.8) is 0 Å². The summed E-state index contributed by atoms with van der Waals surface area (Å²) >= 11 is 0. The zero-order chi connectivity index (χ0) is 21.4. The van der Waals surface area contributed by atoms with E-state index in [9.17, 15) is 13.2 Å². The molecule has 9 heteroatoms. The van der Waals surface area contributed by atoms with Gasteiger partial charge in [-0.1, -0.05) is 24.3 Å². The van der Waals surface area contributed by atoms with Gasteiger partial charge in [-0.25, -0.2) is 4.98 Å². The summed E-state index contributed by atoms with van der Waals surface area (Å²) in [6.45, 7) is 0.415. The summed E-state index contributed by atoms with van der Waals surface area (Å²) in [6, 6.07) is 13.1. The number of aromatic nitrogens is 1. The van der Waals surface area contributed by atoms with Crippen molar-refractivity contribution in [2.45, 2.75) is 31.7 Å². The lowest BCUT2D eigenvalue weighted by Crippen LogP contribution is -2.47. The molecule has 0 spiro atoms. The SMILES string of the molecule is CN=C(NCc1cccnc1OCC(F)(F)F)N1CCC(Oc2ccccc2)CC1. The van der Waals surface area contributed by atoms with Gasteiger partial charge in [-0.15, -0.1) is 0 Å². The second kappa shape index (κ2) is 10.2. The Labute approximate surface area is 173 Å². The van der Waals surface area contributed by atoms with Crippen molar-refractivity contribution < 1.29 is 22.6 Å². The number of halogens is 3. The molecule has 6 nitrogen and oxygen atoms in total. The highest BCUT2D eigenvalue weighted by molar-refractivity contribution is 5.80. The van der Waals surface area contributed by atoms with Crippen molar-refractivity contribution in [1.82, 2.24) is 15.2 Å². The van der Waals surface area contributed by atoms with Crippen LogP contribution in [0.1, 0.15) is 18.4 Å². The number of rotatable bonds is 6. The molecular formula is C21H25F3N4O2. The van der Waals surface area contributed by atoms with Crippen LogP contribution in [-0.4, -0.2) is 54.9 Å². The summed E-state index contributed by atoms with van der Waals surface area (Å²) in [7, 11) is 1.68. The van der Waals surface area contributed by atoms with E-state index < -0.39 is 12.8 Å². The van der Waals surface area contributed by atoms with Crippen LogP contribution in [0.5, 0.6) is 11.6 Å². The molecule has 0 aliphatic carbocycles. The maximum atomic E-state index is 12.4. The first-order valence-electron chi connectivity index (χ1n) is 9.75. The van der Waals surface area contributed by atoms with Gasteiger partial charge in [0.05, 0.1) is 0 Å². The fourth-order valence-electron chi connectivity index (χ4n) is 3.22. The number of nitrogens with zero attached hydrogens (tertiary/aromatic N) is 3. The van der Waals surface area contributed by atoms with Gasteiger partial charge in [0.15, 0.2) is 12.6 Å². The number of pyridine rings is 1. The Morgan fingerprint density at radius 2 is 1.90 bits per heavy atom. The van der Waals surface area contributed by atoms with Gasteiger partial charge < -0.3 is 19.7 Å². The molecule has 1 saturated heterocycles. The third-order valence-corrected chi connectivity index (χ3v) is 4.66. The quantitative estimate of drug-likeness (QED) is 0.569. The van der Waals surface area contributed by atoms with Crippen molar-refractivity contribution in [3.05, 3.63) is 54.2 Å². The fourth-order valence-corrected chi connectivity index (χ4v) is 3.22. The molecule has 0 atom stereocenters. The number of piperidine rings is 1. The van der Waals surface area contributed by atoms with Crippen LogP contribution in [0.2, 0.25) is 0 Å². The van der Waals surface area contributed by atoms with E-state index in [1.165, 1.54) is 6.20 Å². The van der Waals surface area contributed by atoms with Gasteiger partial charge >= 0.3 is 6.18 Å². The molecule has 2 aromatic rings. The van der Waals surface area contributed by atoms with Crippen LogP contribution in [0.15, 0.2) is 53.7 Å². The highest BCUT2D eigenvalue weighted by atomic mass is 19.4. The van der Waals surface area contributed by atoms with Crippen molar-refractivity contribution in [3.8, 4) is 11.6 Å². The highest BCUT2D eigenvalue weighted by Crippen LogP contribution is 2.21. The monoisotopic (exact) mass is 422 g/mol. The molecule has 1 aromatic carbocycles. The first-order chi connectivity index (χ1) is 14.4. The van der Waals surface area contributed by atoms with Crippen molar-refractivity contribution in [2.75, 3.05) is 26.7 Å². The van der Waals surface area contributed by atoms with Crippen LogP contribution in [0.25, 0.3) is 0 Å². The van der Waals surface area contributed by atoms with Gasteiger partial charge in [-0.2, -0.15) is 13.2 Å². The van der Waals surface area contributed by atoms with Crippen LogP contribution in [-0.2, 0) is 6.54 Å². The number of guanidine groups is 1. The minimum absolute atomic E-state index is 0.0345. The fraction of sp³-hybridized carbons (Fsp3) is 0.429. The van der Waals surface area contributed by atoms with Crippen LogP contribution in [0, 0.1) is 0 Å². The zero-order valence-corrected chi connectivity index (χ0v) is 16.7. The van der Waals surface area contributed by atoms with E-state index in [-0.39, 0.29) is 18.5 Å². The first-order valence-corrected chi connectivity index (χ1v) is 9.75. The van der Waals surface area contributed by atoms with E-state index in [0.717, 1.165) is 31.7 Å². The molecule has 3 rings (SSSR count). The Hall–Kier alpha value is -2.97. The summed E-state index contributed by atoms with van der Waals surface area (Å²) in [5.74, 6) is 1.51. The lowest BCUT2D eigenvalue weighted by molar-refractivity contribution is -0.154. The van der Waals surface area contributed by atoms with E-state index in [0.29, 0.717) is 11.5 Å². The average molecular weight is 422 g/mol. The van der Waals surface area contributed by atoms with Crippen molar-refractivity contribution >= 4 is 5.96 Å². The minimum Gasteiger partial charge on any atom is -0.490 e. The molecule has 0 radical (unpaired) electrons. The third-order valence-electron chi connectivity index (χ3n) is 4.66. The summed E-state index contributed by atoms with van der Waals surface area (Å²) < 4.78 is 48.2. The molecule has 1 aliphatic heterocycles. The topological polar surface area (TPSA) is 59.0 Å². The van der Waals surface area contributed by atoms with Crippen LogP contribution in [0.4, 0.5) is 13.2 Å². The Morgan fingerprint density at radius 3 is 2.57 bits per heavy atom. The Morgan fingerprint density at radius 1 is 1.17 bits per heavy atom. The van der Waals surface area contributed by atoms with Gasteiger partial charge in [0.25, 0.3) is 0 Å². The first kappa shape index (κ1) is 21.7. The van der Waals surface area contributed by atoms with E-state index in [4.69, 9.17) is 9.47 Å². The van der Waals surface area contributed by atoms with E-state index in [1.807, 2.05) is 30.3 Å². The molecule has 0 saturated carbocycles. The smallest absolute Gasteiger partial charge is 0.422 e. The van der Waals surface area contributed by atoms with Gasteiger partial charge in [0, 0.05) is 51.3 Å². The number of likely N-dealkylation sites (tertiary alicyclic amines) is 1. The maximum Gasteiger partial charge on any atom is 0.422 e. The number of hydrogen-bond acceptors (Lipinski definition) is 4. The number of nitrogens with one attached hydrogen (secondary N) is 1. The molecule has 0 unspecified atom stereocenters. The number of alkyl halides is 3. The second-order valence-electron chi connectivity index (χ2n) is 6.89. The Bertz CT molecular complexity index is 823. The number of aliphatic imine (C=N–C) groups is 1. The van der Waals surface area contributed by atoms with Crippen LogP contribution >= 0.6 is 0 Å². The normalized spacial score (nSPS) is 15.7. The van der Waals surface area contributed by atoms with Gasteiger partial charge in [-0.3, -0.25) is 4.99 Å². The summed E-state index contributed by atoms with van der Waals surface area (Å²) in [5.41, 5.74) is 0.533. The lowest BCUT2D eigenvalue weighted by atomic mass is 10.1. The van der Waals surface area contributed by atoms with Crippen LogP contribution < -0.4 is 14.8 Å². The summed E-state index contributed by atoms with van der Waals surface area (Å²) in [4.78, 5) is 10.3. The number of ether oxygens (including phenoxy) is 2. The van der Waals surface area contributed by atoms with Crippen molar-refractivity contribution in [1.29, 1.82) is 0 Å². The zero-order valence-electron chi connectivity index (χ0n) is 16.7. The molecule has 162 valence electrons. The van der Waals surface area contributed by atoms with Crippen molar-refractivity contribution in [2.24, 2.45) is 4.99 Å². The number of para-hydroxylation sites is 1. The van der Waals surface area contributed by atoms with E-state index in [2.05, 4.69) is 20.2 Å². The molecule has 30 heavy (non-hydrogen) atoms. The molecule has 1 N–H and O–H groups in total. The second-order valence-corrected chi connectivity index (χ2v) is 6.89. The molecule has 1 fully saturated rings. The lowest BCUT2D eigenvalue weighted by Gasteiger charge is -2.34. The molecule has 2 heterocycles. The summed E-state index contributed by atoms with van der Waals surface area (Å²) in [5, 5.41) is 3.19. The van der Waals surface area contributed by atoms with E-state index in [1.54, 1.807) is 19.2 Å².